The first-order valence-electron chi connectivity index (χ1n) is 6.43. The molecule has 1 aromatic heterocycles. The van der Waals surface area contributed by atoms with Gasteiger partial charge in [-0.3, -0.25) is 0 Å². The minimum absolute atomic E-state index is 0.0292. The van der Waals surface area contributed by atoms with E-state index in [1.165, 1.54) is 25.7 Å². The van der Waals surface area contributed by atoms with Gasteiger partial charge in [0.1, 0.15) is 12.4 Å². The zero-order valence-electron chi connectivity index (χ0n) is 9.97. The molecule has 1 N–H and O–H groups in total. The Balaban J connectivity index is 1.99. The minimum atomic E-state index is 0.0292. The van der Waals surface area contributed by atoms with Gasteiger partial charge >= 0.3 is 0 Å². The third-order valence-electron chi connectivity index (χ3n) is 3.79. The van der Waals surface area contributed by atoms with Gasteiger partial charge in [-0.05, 0) is 30.9 Å². The van der Waals surface area contributed by atoms with E-state index in [4.69, 9.17) is 0 Å². The van der Waals surface area contributed by atoms with Crippen LogP contribution in [0.5, 0.6) is 0 Å². The van der Waals surface area contributed by atoms with Crippen molar-refractivity contribution < 1.29 is 5.11 Å². The summed E-state index contributed by atoms with van der Waals surface area (Å²) in [5.74, 6) is 1.57. The Hall–Kier alpha value is -1.35. The molecule has 0 unspecified atom stereocenters. The lowest BCUT2D eigenvalue weighted by Crippen LogP contribution is -2.10. The van der Waals surface area contributed by atoms with Crippen LogP contribution in [0.2, 0.25) is 0 Å². The molecule has 3 nitrogen and oxygen atoms in total. The molecule has 1 heterocycles. The van der Waals surface area contributed by atoms with E-state index in [9.17, 15) is 5.11 Å². The molecule has 90 valence electrons. The first kappa shape index (κ1) is 10.8. The van der Waals surface area contributed by atoms with Crippen LogP contribution in [0.25, 0.3) is 11.0 Å². The number of nitrogens with zero attached hydrogens (tertiary/aromatic N) is 2. The number of hydrogen-bond donors (Lipinski definition) is 1. The molecule has 17 heavy (non-hydrogen) atoms. The lowest BCUT2D eigenvalue weighted by atomic mass is 10.1. The van der Waals surface area contributed by atoms with Gasteiger partial charge in [0.2, 0.25) is 0 Å². The number of fused-ring (bicyclic) bond motifs is 1. The largest absolute Gasteiger partial charge is 0.388 e. The van der Waals surface area contributed by atoms with Crippen molar-refractivity contribution >= 4 is 11.0 Å². The molecule has 1 aliphatic carbocycles. The van der Waals surface area contributed by atoms with Crippen molar-refractivity contribution in [2.24, 2.45) is 5.92 Å². The van der Waals surface area contributed by atoms with Gasteiger partial charge in [0.05, 0.1) is 11.0 Å². The van der Waals surface area contributed by atoms with Crippen LogP contribution >= 0.6 is 0 Å². The van der Waals surface area contributed by atoms with E-state index in [1.54, 1.807) is 0 Å². The predicted molar refractivity (Wildman–Crippen MR) is 67.6 cm³/mol. The topological polar surface area (TPSA) is 38.1 Å². The first-order valence-corrected chi connectivity index (χ1v) is 6.43. The fourth-order valence-electron chi connectivity index (χ4n) is 2.90. The Labute approximate surface area is 101 Å². The summed E-state index contributed by atoms with van der Waals surface area (Å²) in [6.45, 7) is 1.04. The van der Waals surface area contributed by atoms with Crippen molar-refractivity contribution in [2.45, 2.75) is 38.8 Å². The van der Waals surface area contributed by atoms with E-state index in [2.05, 4.69) is 15.6 Å². The van der Waals surface area contributed by atoms with Crippen LogP contribution in [-0.4, -0.2) is 14.7 Å². The molecule has 0 amide bonds. The summed E-state index contributed by atoms with van der Waals surface area (Å²) >= 11 is 0. The predicted octanol–water partition coefficient (Wildman–Crippen LogP) is 2.72. The third-order valence-corrected chi connectivity index (χ3v) is 3.79. The van der Waals surface area contributed by atoms with Crippen molar-refractivity contribution in [2.75, 3.05) is 0 Å². The molecule has 2 aromatic rings. The SMILES string of the molecule is OCc1nc2ccccc2n1CC1CCCC1. The molecule has 0 atom stereocenters. The van der Waals surface area contributed by atoms with Crippen molar-refractivity contribution in [3.8, 4) is 0 Å². The number of aliphatic hydroxyl groups excluding tert-OH is 1. The van der Waals surface area contributed by atoms with Gasteiger partial charge in [0, 0.05) is 6.54 Å². The average molecular weight is 230 g/mol. The molecule has 3 rings (SSSR count). The fourth-order valence-corrected chi connectivity index (χ4v) is 2.90. The zero-order valence-corrected chi connectivity index (χ0v) is 9.97. The van der Waals surface area contributed by atoms with Gasteiger partial charge in [-0.2, -0.15) is 0 Å². The molecule has 1 aromatic carbocycles. The van der Waals surface area contributed by atoms with Crippen molar-refractivity contribution in [3.63, 3.8) is 0 Å². The number of aliphatic hydroxyl groups is 1. The number of imidazole rings is 1. The highest BCUT2D eigenvalue weighted by molar-refractivity contribution is 5.75. The van der Waals surface area contributed by atoms with Crippen molar-refractivity contribution in [3.05, 3.63) is 30.1 Å². The number of hydrogen-bond acceptors (Lipinski definition) is 2. The summed E-state index contributed by atoms with van der Waals surface area (Å²) in [7, 11) is 0. The molecule has 0 bridgehead atoms. The Bertz CT molecular complexity index is 512. The number of para-hydroxylation sites is 2. The highest BCUT2D eigenvalue weighted by Gasteiger charge is 2.18. The third kappa shape index (κ3) is 1.95. The monoisotopic (exact) mass is 230 g/mol. The zero-order chi connectivity index (χ0) is 11.7. The lowest BCUT2D eigenvalue weighted by Gasteiger charge is -2.13. The molecule has 0 radical (unpaired) electrons. The summed E-state index contributed by atoms with van der Waals surface area (Å²) < 4.78 is 2.20. The van der Waals surface area contributed by atoms with Crippen LogP contribution in [0.1, 0.15) is 31.5 Å². The fraction of sp³-hybridized carbons (Fsp3) is 0.500. The molecule has 0 aliphatic heterocycles. The van der Waals surface area contributed by atoms with Gasteiger partial charge in [0.15, 0.2) is 0 Å². The van der Waals surface area contributed by atoms with Gasteiger partial charge in [-0.1, -0.05) is 25.0 Å². The number of benzene rings is 1. The second kappa shape index (κ2) is 4.49. The maximum absolute atomic E-state index is 9.41. The van der Waals surface area contributed by atoms with Gasteiger partial charge in [-0.25, -0.2) is 4.98 Å². The molecular formula is C14H18N2O. The van der Waals surface area contributed by atoms with E-state index in [0.29, 0.717) is 0 Å². The quantitative estimate of drug-likeness (QED) is 0.880. The van der Waals surface area contributed by atoms with Gasteiger partial charge < -0.3 is 9.67 Å². The Morgan fingerprint density at radius 3 is 2.76 bits per heavy atom. The van der Waals surface area contributed by atoms with E-state index >= 15 is 0 Å². The van der Waals surface area contributed by atoms with E-state index in [-0.39, 0.29) is 6.61 Å². The summed E-state index contributed by atoms with van der Waals surface area (Å²) in [5, 5.41) is 9.41. The van der Waals surface area contributed by atoms with Crippen LogP contribution in [0.3, 0.4) is 0 Å². The highest BCUT2D eigenvalue weighted by Crippen LogP contribution is 2.28. The Kier molecular flexibility index (Phi) is 2.85. The van der Waals surface area contributed by atoms with E-state index < -0.39 is 0 Å². The second-order valence-electron chi connectivity index (χ2n) is 4.94. The number of rotatable bonds is 3. The van der Waals surface area contributed by atoms with Crippen LogP contribution in [-0.2, 0) is 13.2 Å². The average Bonchev–Trinajstić information content (AvgIpc) is 2.98. The van der Waals surface area contributed by atoms with Gasteiger partial charge in [-0.15, -0.1) is 0 Å². The van der Waals surface area contributed by atoms with Crippen LogP contribution < -0.4 is 0 Å². The van der Waals surface area contributed by atoms with Crippen molar-refractivity contribution in [1.29, 1.82) is 0 Å². The molecule has 1 fully saturated rings. The molecule has 0 spiro atoms. The second-order valence-corrected chi connectivity index (χ2v) is 4.94. The van der Waals surface area contributed by atoms with Crippen LogP contribution in [0.4, 0.5) is 0 Å². The smallest absolute Gasteiger partial charge is 0.135 e. The van der Waals surface area contributed by atoms with Gasteiger partial charge in [0.25, 0.3) is 0 Å². The van der Waals surface area contributed by atoms with E-state index in [1.807, 2.05) is 18.2 Å². The maximum atomic E-state index is 9.41. The van der Waals surface area contributed by atoms with Crippen LogP contribution in [0, 0.1) is 5.92 Å². The Morgan fingerprint density at radius 2 is 2.00 bits per heavy atom. The maximum Gasteiger partial charge on any atom is 0.135 e. The molecular weight excluding hydrogens is 212 g/mol. The summed E-state index contributed by atoms with van der Waals surface area (Å²) in [6, 6.07) is 8.14. The molecule has 3 heteroatoms. The first-order chi connectivity index (χ1) is 8.38. The standard InChI is InChI=1S/C14H18N2O/c17-10-14-15-12-7-3-4-8-13(12)16(14)9-11-5-1-2-6-11/h3-4,7-8,11,17H,1-2,5-6,9-10H2. The van der Waals surface area contributed by atoms with Crippen LogP contribution in [0.15, 0.2) is 24.3 Å². The number of aromatic nitrogens is 2. The Morgan fingerprint density at radius 1 is 1.24 bits per heavy atom. The minimum Gasteiger partial charge on any atom is -0.388 e. The lowest BCUT2D eigenvalue weighted by molar-refractivity contribution is 0.262. The molecule has 1 aliphatic rings. The normalized spacial score (nSPS) is 17.0. The molecule has 0 saturated heterocycles. The van der Waals surface area contributed by atoms with E-state index in [0.717, 1.165) is 29.3 Å². The van der Waals surface area contributed by atoms with Crippen molar-refractivity contribution in [1.82, 2.24) is 9.55 Å². The summed E-state index contributed by atoms with van der Waals surface area (Å²) in [4.78, 5) is 4.49. The molecule has 1 saturated carbocycles. The summed E-state index contributed by atoms with van der Waals surface area (Å²) in [5.41, 5.74) is 2.15. The summed E-state index contributed by atoms with van der Waals surface area (Å²) in [6.07, 6.45) is 5.34. The highest BCUT2D eigenvalue weighted by atomic mass is 16.3.